The second-order valence-corrected chi connectivity index (χ2v) is 5.95. The van der Waals surface area contributed by atoms with Gasteiger partial charge in [0.25, 0.3) is 0 Å². The van der Waals surface area contributed by atoms with Crippen LogP contribution in [0.15, 0.2) is 18.3 Å². The number of hydrogen-bond donors (Lipinski definition) is 1. The smallest absolute Gasteiger partial charge is 0.0562 e. The third-order valence-corrected chi connectivity index (χ3v) is 3.44. The minimum absolute atomic E-state index is 0.686. The molecule has 2 rings (SSSR count). The van der Waals surface area contributed by atoms with E-state index >= 15 is 0 Å². The summed E-state index contributed by atoms with van der Waals surface area (Å²) in [4.78, 5) is 7.02. The molecule has 1 fully saturated rings. The zero-order valence-electron chi connectivity index (χ0n) is 12.5. The van der Waals surface area contributed by atoms with Gasteiger partial charge < -0.3 is 10.2 Å². The molecule has 0 unspecified atom stereocenters. The van der Waals surface area contributed by atoms with Crippen molar-refractivity contribution in [2.75, 3.05) is 18.0 Å². The lowest BCUT2D eigenvalue weighted by Gasteiger charge is -2.24. The van der Waals surface area contributed by atoms with Gasteiger partial charge in [-0.2, -0.15) is 0 Å². The first-order valence-electron chi connectivity index (χ1n) is 7.63. The summed E-state index contributed by atoms with van der Waals surface area (Å²) in [6.07, 6.45) is 5.86. The van der Waals surface area contributed by atoms with Crippen LogP contribution in [-0.2, 0) is 6.54 Å². The largest absolute Gasteiger partial charge is 0.368 e. The molecule has 1 heterocycles. The van der Waals surface area contributed by atoms with Gasteiger partial charge in [-0.15, -0.1) is 0 Å². The molecule has 1 N–H and O–H groups in total. The highest BCUT2D eigenvalue weighted by Gasteiger charge is 2.28. The van der Waals surface area contributed by atoms with Crippen LogP contribution in [0.5, 0.6) is 0 Å². The first-order chi connectivity index (χ1) is 9.20. The summed E-state index contributed by atoms with van der Waals surface area (Å²) in [5.74, 6) is 0.686. The van der Waals surface area contributed by atoms with Crippen LogP contribution in [0.25, 0.3) is 0 Å². The van der Waals surface area contributed by atoms with Gasteiger partial charge in [0, 0.05) is 31.0 Å². The Labute approximate surface area is 117 Å². The minimum Gasteiger partial charge on any atom is -0.368 e. The molecule has 1 aromatic heterocycles. The van der Waals surface area contributed by atoms with Gasteiger partial charge >= 0.3 is 0 Å². The SMILES string of the molecule is CCCN(c1ccnc(CNCC(C)C)c1)C1CC1. The Morgan fingerprint density at radius 3 is 2.84 bits per heavy atom. The van der Waals surface area contributed by atoms with Crippen molar-refractivity contribution in [3.05, 3.63) is 24.0 Å². The van der Waals surface area contributed by atoms with E-state index in [1.165, 1.54) is 24.9 Å². The summed E-state index contributed by atoms with van der Waals surface area (Å²) in [6.45, 7) is 9.79. The van der Waals surface area contributed by atoms with E-state index in [2.05, 4.69) is 48.1 Å². The van der Waals surface area contributed by atoms with Crippen molar-refractivity contribution < 1.29 is 0 Å². The van der Waals surface area contributed by atoms with Gasteiger partial charge in [-0.1, -0.05) is 20.8 Å². The van der Waals surface area contributed by atoms with Gasteiger partial charge in [0.05, 0.1) is 5.69 Å². The van der Waals surface area contributed by atoms with Crippen LogP contribution < -0.4 is 10.2 Å². The van der Waals surface area contributed by atoms with Crippen LogP contribution in [-0.4, -0.2) is 24.1 Å². The zero-order valence-corrected chi connectivity index (χ0v) is 12.5. The first-order valence-corrected chi connectivity index (χ1v) is 7.63. The molecule has 3 heteroatoms. The number of pyridine rings is 1. The lowest BCUT2D eigenvalue weighted by atomic mass is 10.2. The second-order valence-electron chi connectivity index (χ2n) is 5.95. The average molecular weight is 261 g/mol. The fourth-order valence-electron chi connectivity index (χ4n) is 2.38. The summed E-state index contributed by atoms with van der Waals surface area (Å²) in [5, 5.41) is 3.46. The van der Waals surface area contributed by atoms with Gasteiger partial charge in [-0.3, -0.25) is 4.98 Å². The monoisotopic (exact) mass is 261 g/mol. The van der Waals surface area contributed by atoms with Gasteiger partial charge in [0.1, 0.15) is 0 Å². The third kappa shape index (κ3) is 4.50. The molecule has 19 heavy (non-hydrogen) atoms. The number of aromatic nitrogens is 1. The molecule has 3 nitrogen and oxygen atoms in total. The molecule has 0 spiro atoms. The number of nitrogens with one attached hydrogen (secondary N) is 1. The zero-order chi connectivity index (χ0) is 13.7. The quantitative estimate of drug-likeness (QED) is 0.779. The molecule has 1 aliphatic carbocycles. The molecule has 0 radical (unpaired) electrons. The average Bonchev–Trinajstić information content (AvgIpc) is 3.20. The number of rotatable bonds is 8. The third-order valence-electron chi connectivity index (χ3n) is 3.44. The van der Waals surface area contributed by atoms with Gasteiger partial charge in [0.2, 0.25) is 0 Å². The Balaban J connectivity index is 1.96. The van der Waals surface area contributed by atoms with E-state index in [1.54, 1.807) is 0 Å². The highest BCUT2D eigenvalue weighted by Crippen LogP contribution is 2.31. The van der Waals surface area contributed by atoms with Crippen LogP contribution in [0.1, 0.15) is 45.7 Å². The lowest BCUT2D eigenvalue weighted by molar-refractivity contribution is 0.548. The van der Waals surface area contributed by atoms with E-state index < -0.39 is 0 Å². The number of nitrogens with zero attached hydrogens (tertiary/aromatic N) is 2. The molecular weight excluding hydrogens is 234 g/mol. The van der Waals surface area contributed by atoms with Gasteiger partial charge in [-0.05, 0) is 43.9 Å². The van der Waals surface area contributed by atoms with Crippen molar-refractivity contribution in [2.45, 2.75) is 52.6 Å². The number of hydrogen-bond acceptors (Lipinski definition) is 3. The summed E-state index contributed by atoms with van der Waals surface area (Å²) < 4.78 is 0. The normalized spacial score (nSPS) is 14.9. The molecule has 0 atom stereocenters. The Morgan fingerprint density at radius 1 is 1.42 bits per heavy atom. The van der Waals surface area contributed by atoms with Gasteiger partial charge in [0.15, 0.2) is 0 Å². The Morgan fingerprint density at radius 2 is 2.21 bits per heavy atom. The molecule has 1 aliphatic rings. The van der Waals surface area contributed by atoms with Crippen molar-refractivity contribution in [1.82, 2.24) is 10.3 Å². The standard InChI is InChI=1S/C16H27N3/c1-4-9-19(15-5-6-15)16-7-8-18-14(10-16)12-17-11-13(2)3/h7-8,10,13,15,17H,4-6,9,11-12H2,1-3H3. The molecule has 0 aliphatic heterocycles. The minimum atomic E-state index is 0.686. The van der Waals surface area contributed by atoms with Crippen LogP contribution in [0, 0.1) is 5.92 Å². The molecule has 1 saturated carbocycles. The lowest BCUT2D eigenvalue weighted by Crippen LogP contribution is -2.27. The van der Waals surface area contributed by atoms with Crippen molar-refractivity contribution in [1.29, 1.82) is 0 Å². The highest BCUT2D eigenvalue weighted by molar-refractivity contribution is 5.48. The Hall–Kier alpha value is -1.09. The fraction of sp³-hybridized carbons (Fsp3) is 0.688. The Bertz CT molecular complexity index is 385. The van der Waals surface area contributed by atoms with E-state index in [0.717, 1.165) is 31.4 Å². The van der Waals surface area contributed by atoms with E-state index in [1.807, 2.05) is 6.20 Å². The molecule has 106 valence electrons. The first kappa shape index (κ1) is 14.3. The summed E-state index contributed by atoms with van der Waals surface area (Å²) >= 11 is 0. The second kappa shape index (κ2) is 6.90. The van der Waals surface area contributed by atoms with Crippen molar-refractivity contribution in [2.24, 2.45) is 5.92 Å². The molecule has 0 bridgehead atoms. The van der Waals surface area contributed by atoms with Crippen LogP contribution in [0.4, 0.5) is 5.69 Å². The molecule has 0 aromatic carbocycles. The van der Waals surface area contributed by atoms with Crippen molar-refractivity contribution in [3.8, 4) is 0 Å². The maximum absolute atomic E-state index is 4.47. The van der Waals surface area contributed by atoms with E-state index in [4.69, 9.17) is 0 Å². The number of anilines is 1. The van der Waals surface area contributed by atoms with Crippen molar-refractivity contribution in [3.63, 3.8) is 0 Å². The maximum atomic E-state index is 4.47. The molecule has 1 aromatic rings. The maximum Gasteiger partial charge on any atom is 0.0562 e. The Kier molecular flexibility index (Phi) is 5.20. The van der Waals surface area contributed by atoms with E-state index in [0.29, 0.717) is 5.92 Å². The van der Waals surface area contributed by atoms with Crippen LogP contribution in [0.3, 0.4) is 0 Å². The van der Waals surface area contributed by atoms with E-state index in [9.17, 15) is 0 Å². The summed E-state index contributed by atoms with van der Waals surface area (Å²) in [6, 6.07) is 5.18. The fourth-order valence-corrected chi connectivity index (χ4v) is 2.38. The molecular formula is C16H27N3. The summed E-state index contributed by atoms with van der Waals surface area (Å²) in [5.41, 5.74) is 2.50. The van der Waals surface area contributed by atoms with Crippen molar-refractivity contribution >= 4 is 5.69 Å². The molecule has 0 amide bonds. The van der Waals surface area contributed by atoms with Crippen LogP contribution in [0.2, 0.25) is 0 Å². The predicted molar refractivity (Wildman–Crippen MR) is 81.4 cm³/mol. The topological polar surface area (TPSA) is 28.2 Å². The predicted octanol–water partition coefficient (Wildman–Crippen LogP) is 3.21. The van der Waals surface area contributed by atoms with Crippen LogP contribution >= 0.6 is 0 Å². The molecule has 0 saturated heterocycles. The highest BCUT2D eigenvalue weighted by atomic mass is 15.2. The summed E-state index contributed by atoms with van der Waals surface area (Å²) in [7, 11) is 0. The van der Waals surface area contributed by atoms with Gasteiger partial charge in [-0.25, -0.2) is 0 Å². The van der Waals surface area contributed by atoms with E-state index in [-0.39, 0.29) is 0 Å².